The van der Waals surface area contributed by atoms with Gasteiger partial charge in [-0.05, 0) is 38.1 Å². The predicted molar refractivity (Wildman–Crippen MR) is 78.8 cm³/mol. The molecule has 19 heavy (non-hydrogen) atoms. The monoisotopic (exact) mass is 262 g/mol. The quantitative estimate of drug-likeness (QED) is 0.817. The van der Waals surface area contributed by atoms with E-state index >= 15 is 0 Å². The first-order valence-electron chi connectivity index (χ1n) is 6.86. The number of nitrogens with one attached hydrogen (secondary N) is 1. The van der Waals surface area contributed by atoms with Crippen LogP contribution in [0.25, 0.3) is 0 Å². The number of nitriles is 1. The molecule has 0 spiro atoms. The molecule has 1 heterocycles. The molecule has 0 bridgehead atoms. The van der Waals surface area contributed by atoms with Crippen LogP contribution in [-0.4, -0.2) is 36.1 Å². The van der Waals surface area contributed by atoms with Crippen LogP contribution in [0.2, 0.25) is 0 Å². The lowest BCUT2D eigenvalue weighted by Gasteiger charge is -2.26. The van der Waals surface area contributed by atoms with Crippen molar-refractivity contribution < 1.29 is 0 Å². The van der Waals surface area contributed by atoms with Crippen LogP contribution in [0.5, 0.6) is 0 Å². The summed E-state index contributed by atoms with van der Waals surface area (Å²) in [5, 5.41) is 12.4. The normalized spacial score (nSPS) is 12.9. The molecule has 1 atom stereocenters. The molecule has 0 aliphatic carbocycles. The zero-order chi connectivity index (χ0) is 14.4. The summed E-state index contributed by atoms with van der Waals surface area (Å²) in [7, 11) is 6.17. The Kier molecular flexibility index (Phi) is 6.07. The van der Waals surface area contributed by atoms with Crippen molar-refractivity contribution in [2.24, 2.45) is 13.0 Å². The summed E-state index contributed by atoms with van der Waals surface area (Å²) in [4.78, 5) is 2.28. The highest BCUT2D eigenvalue weighted by molar-refractivity contribution is 5.28. The third kappa shape index (κ3) is 5.06. The Balaban J connectivity index is 2.45. The standard InChI is InChI=1S/C15H26N4/c1-12(2)6-15(18(3)4)10-17-9-13-7-14(8-16)19(5)11-13/h7,11-12,15,17H,6,9-10H2,1-5H3. The Hall–Kier alpha value is -1.31. The van der Waals surface area contributed by atoms with Crippen molar-refractivity contribution in [3.63, 3.8) is 0 Å². The zero-order valence-corrected chi connectivity index (χ0v) is 12.8. The Bertz CT molecular complexity index is 426. The second kappa shape index (κ2) is 7.32. The fourth-order valence-electron chi connectivity index (χ4n) is 2.24. The van der Waals surface area contributed by atoms with E-state index in [1.54, 1.807) is 0 Å². The highest BCUT2D eigenvalue weighted by Crippen LogP contribution is 2.09. The molecule has 4 nitrogen and oxygen atoms in total. The van der Waals surface area contributed by atoms with Crippen LogP contribution in [0.4, 0.5) is 0 Å². The summed E-state index contributed by atoms with van der Waals surface area (Å²) in [6.45, 7) is 6.31. The van der Waals surface area contributed by atoms with Gasteiger partial charge in [0.2, 0.25) is 0 Å². The molecule has 0 aliphatic rings. The maximum Gasteiger partial charge on any atom is 0.120 e. The number of nitrogens with zero attached hydrogens (tertiary/aromatic N) is 3. The molecule has 1 N–H and O–H groups in total. The van der Waals surface area contributed by atoms with Crippen LogP contribution in [0.1, 0.15) is 31.5 Å². The lowest BCUT2D eigenvalue weighted by atomic mass is 10.0. The van der Waals surface area contributed by atoms with E-state index in [4.69, 9.17) is 5.26 Å². The molecule has 0 aliphatic heterocycles. The zero-order valence-electron chi connectivity index (χ0n) is 12.8. The molecule has 0 saturated carbocycles. The maximum absolute atomic E-state index is 8.92. The molecule has 1 aromatic rings. The van der Waals surface area contributed by atoms with Crippen LogP contribution in [-0.2, 0) is 13.6 Å². The minimum atomic E-state index is 0.555. The molecule has 0 saturated heterocycles. The van der Waals surface area contributed by atoms with Gasteiger partial charge in [-0.3, -0.25) is 0 Å². The third-order valence-electron chi connectivity index (χ3n) is 3.36. The summed E-state index contributed by atoms with van der Waals surface area (Å²) in [5.41, 5.74) is 1.88. The van der Waals surface area contributed by atoms with Crippen LogP contribution >= 0.6 is 0 Å². The molecular formula is C15H26N4. The number of hydrogen-bond acceptors (Lipinski definition) is 3. The van der Waals surface area contributed by atoms with Gasteiger partial charge in [0.1, 0.15) is 11.8 Å². The van der Waals surface area contributed by atoms with E-state index in [0.29, 0.717) is 17.7 Å². The largest absolute Gasteiger partial charge is 0.342 e. The molecule has 1 unspecified atom stereocenters. The minimum absolute atomic E-state index is 0.555. The van der Waals surface area contributed by atoms with E-state index < -0.39 is 0 Å². The lowest BCUT2D eigenvalue weighted by Crippen LogP contribution is -2.38. The molecule has 0 radical (unpaired) electrons. The van der Waals surface area contributed by atoms with Crippen molar-refractivity contribution >= 4 is 0 Å². The summed E-state index contributed by atoms with van der Waals surface area (Å²) in [5.74, 6) is 0.705. The maximum atomic E-state index is 8.92. The molecule has 106 valence electrons. The summed E-state index contributed by atoms with van der Waals surface area (Å²) in [6.07, 6.45) is 3.21. The molecule has 0 amide bonds. The average molecular weight is 262 g/mol. The van der Waals surface area contributed by atoms with Gasteiger partial charge in [0.05, 0.1) is 0 Å². The topological polar surface area (TPSA) is 44.0 Å². The van der Waals surface area contributed by atoms with Gasteiger partial charge >= 0.3 is 0 Å². The Labute approximate surface area is 117 Å². The predicted octanol–water partition coefficient (Wildman–Crippen LogP) is 1.96. The van der Waals surface area contributed by atoms with Crippen molar-refractivity contribution in [2.45, 2.75) is 32.9 Å². The van der Waals surface area contributed by atoms with Gasteiger partial charge in [0, 0.05) is 32.4 Å². The van der Waals surface area contributed by atoms with Crippen molar-refractivity contribution in [1.29, 1.82) is 5.26 Å². The van der Waals surface area contributed by atoms with E-state index in [1.807, 2.05) is 23.9 Å². The third-order valence-corrected chi connectivity index (χ3v) is 3.36. The molecule has 4 heteroatoms. The lowest BCUT2D eigenvalue weighted by molar-refractivity contribution is 0.246. The van der Waals surface area contributed by atoms with E-state index in [1.165, 1.54) is 12.0 Å². The van der Waals surface area contributed by atoms with Crippen molar-refractivity contribution in [3.05, 3.63) is 23.5 Å². The highest BCUT2D eigenvalue weighted by atomic mass is 15.1. The second-order valence-electron chi connectivity index (χ2n) is 5.83. The summed E-state index contributed by atoms with van der Waals surface area (Å²) in [6, 6.07) is 4.69. The van der Waals surface area contributed by atoms with Crippen LogP contribution < -0.4 is 5.32 Å². The second-order valence-corrected chi connectivity index (χ2v) is 5.83. The van der Waals surface area contributed by atoms with Gasteiger partial charge in [-0.2, -0.15) is 5.26 Å². The summed E-state index contributed by atoms with van der Waals surface area (Å²) >= 11 is 0. The SMILES string of the molecule is CC(C)CC(CNCc1cc(C#N)n(C)c1)N(C)C. The van der Waals surface area contributed by atoms with Gasteiger partial charge in [-0.1, -0.05) is 13.8 Å². The fourth-order valence-corrected chi connectivity index (χ4v) is 2.24. The van der Waals surface area contributed by atoms with E-state index in [2.05, 4.69) is 44.2 Å². The van der Waals surface area contributed by atoms with Crippen LogP contribution in [0.3, 0.4) is 0 Å². The van der Waals surface area contributed by atoms with E-state index in [-0.39, 0.29) is 0 Å². The van der Waals surface area contributed by atoms with Gasteiger partial charge in [-0.25, -0.2) is 0 Å². The average Bonchev–Trinajstić information content (AvgIpc) is 2.67. The van der Waals surface area contributed by atoms with Crippen LogP contribution in [0, 0.1) is 17.2 Å². The number of rotatable bonds is 7. The van der Waals surface area contributed by atoms with Crippen molar-refractivity contribution in [1.82, 2.24) is 14.8 Å². The number of aromatic nitrogens is 1. The number of hydrogen-bond donors (Lipinski definition) is 1. The molecule has 1 aromatic heterocycles. The fraction of sp³-hybridized carbons (Fsp3) is 0.667. The van der Waals surface area contributed by atoms with Crippen LogP contribution in [0.15, 0.2) is 12.3 Å². The first-order chi connectivity index (χ1) is 8.93. The highest BCUT2D eigenvalue weighted by Gasteiger charge is 2.13. The Morgan fingerprint density at radius 3 is 2.58 bits per heavy atom. The van der Waals surface area contributed by atoms with Gasteiger partial charge < -0.3 is 14.8 Å². The number of aryl methyl sites for hydroxylation is 1. The first-order valence-corrected chi connectivity index (χ1v) is 6.86. The summed E-state index contributed by atoms with van der Waals surface area (Å²) < 4.78 is 1.87. The molecule has 0 fully saturated rings. The smallest absolute Gasteiger partial charge is 0.120 e. The van der Waals surface area contributed by atoms with Gasteiger partial charge in [0.15, 0.2) is 0 Å². The van der Waals surface area contributed by atoms with E-state index in [0.717, 1.165) is 13.1 Å². The van der Waals surface area contributed by atoms with Crippen molar-refractivity contribution in [3.8, 4) is 6.07 Å². The first kappa shape index (κ1) is 15.7. The molecule has 0 aromatic carbocycles. The van der Waals surface area contributed by atoms with Crippen molar-refractivity contribution in [2.75, 3.05) is 20.6 Å². The Morgan fingerprint density at radius 1 is 1.42 bits per heavy atom. The minimum Gasteiger partial charge on any atom is -0.342 e. The number of likely N-dealkylation sites (N-methyl/N-ethyl adjacent to an activating group) is 1. The van der Waals surface area contributed by atoms with Gasteiger partial charge in [0.25, 0.3) is 0 Å². The Morgan fingerprint density at radius 2 is 2.11 bits per heavy atom. The van der Waals surface area contributed by atoms with E-state index in [9.17, 15) is 0 Å². The molecular weight excluding hydrogens is 236 g/mol. The molecule has 1 rings (SSSR count). The van der Waals surface area contributed by atoms with Gasteiger partial charge in [-0.15, -0.1) is 0 Å².